The maximum absolute atomic E-state index is 8.55. The maximum atomic E-state index is 8.55. The van der Waals surface area contributed by atoms with Crippen LogP contribution in [0, 0.1) is 0 Å². The monoisotopic (exact) mass is 556 g/mol. The van der Waals surface area contributed by atoms with Gasteiger partial charge in [-0.2, -0.15) is 15.6 Å². The van der Waals surface area contributed by atoms with Crippen LogP contribution in [-0.4, -0.2) is 0 Å². The van der Waals surface area contributed by atoms with Gasteiger partial charge in [-0.1, -0.05) is 0 Å². The van der Waals surface area contributed by atoms with Crippen LogP contribution in [0.25, 0.3) is 0 Å². The first-order chi connectivity index (χ1) is 4.00. The molecule has 0 aromatic carbocycles. The first kappa shape index (κ1) is 50.4. The Morgan fingerprint density at radius 1 is 0.500 bits per heavy atom. The molecule has 0 saturated carbocycles. The number of rotatable bonds is 0. The van der Waals surface area contributed by atoms with Crippen LogP contribution in [0.5, 0.6) is 0 Å². The number of hydrogen-bond acceptors (Lipinski definition) is 8. The SMILES string of the molecule is O=P([O-])([O-])[O-].O=P([O-])([O-])[O-].[Ni+2].[Ni+2].[Ni+2].[Zn].[Zn].[Zn]. The summed E-state index contributed by atoms with van der Waals surface area (Å²) in [6.45, 7) is 0. The average molecular weight is 562 g/mol. The Bertz CT molecular complexity index is 141. The summed E-state index contributed by atoms with van der Waals surface area (Å²) in [6, 6.07) is 0. The third-order valence-electron chi connectivity index (χ3n) is 0. The van der Waals surface area contributed by atoms with Crippen molar-refractivity contribution in [1.82, 2.24) is 0 Å². The van der Waals surface area contributed by atoms with Crippen LogP contribution in [0.3, 0.4) is 0 Å². The summed E-state index contributed by atoms with van der Waals surface area (Å²) >= 11 is 0. The van der Waals surface area contributed by atoms with Gasteiger partial charge in [0, 0.05) is 58.4 Å². The zero-order valence-electron chi connectivity index (χ0n) is 7.23. The van der Waals surface area contributed by atoms with Gasteiger partial charge in [0.1, 0.15) is 0 Å². The third kappa shape index (κ3) is 378. The van der Waals surface area contributed by atoms with E-state index < -0.39 is 15.6 Å². The largest absolute Gasteiger partial charge is 2.00 e. The molecule has 0 spiro atoms. The van der Waals surface area contributed by atoms with Gasteiger partial charge >= 0.3 is 49.5 Å². The van der Waals surface area contributed by atoms with Gasteiger partial charge in [0.2, 0.25) is 0 Å². The van der Waals surface area contributed by atoms with Crippen molar-refractivity contribution < 1.29 is 146 Å². The molecule has 0 heterocycles. The molecule has 16 heteroatoms. The molecule has 16 heavy (non-hydrogen) atoms. The Balaban J connectivity index is -0.00000000970. The van der Waals surface area contributed by atoms with Crippen molar-refractivity contribution >= 4 is 15.6 Å². The van der Waals surface area contributed by atoms with Crippen LogP contribution in [0.4, 0.5) is 0 Å². The third-order valence-corrected chi connectivity index (χ3v) is 0. The first-order valence-corrected chi connectivity index (χ1v) is 4.38. The quantitative estimate of drug-likeness (QED) is 0.208. The second-order valence-electron chi connectivity index (χ2n) is 0.894. The summed E-state index contributed by atoms with van der Waals surface area (Å²) in [5.74, 6) is 0. The zero-order chi connectivity index (χ0) is 9.00. The molecule has 0 unspecified atom stereocenters. The fourth-order valence-corrected chi connectivity index (χ4v) is 0. The molecule has 0 aliphatic carbocycles. The Labute approximate surface area is 160 Å². The second-order valence-corrected chi connectivity index (χ2v) is 2.68. The van der Waals surface area contributed by atoms with Gasteiger partial charge in [-0.05, 0) is 0 Å². The van der Waals surface area contributed by atoms with E-state index in [0.717, 1.165) is 0 Å². The standard InChI is InChI=1S/3Ni.2H3O4P.3Zn/c;;;2*1-5(2,3)4;;;/h;;;2*(H3,1,2,3,4);;;/q3*+2;;;;;/p-6. The van der Waals surface area contributed by atoms with Crippen molar-refractivity contribution in [1.29, 1.82) is 0 Å². The van der Waals surface area contributed by atoms with E-state index >= 15 is 0 Å². The minimum Gasteiger partial charge on any atom is -0.822 e. The Hall–Kier alpha value is 3.57. The van der Waals surface area contributed by atoms with Crippen LogP contribution in [0.15, 0.2) is 0 Å². The fraction of sp³-hybridized carbons (Fsp3) is 0. The molecule has 0 rings (SSSR count). The van der Waals surface area contributed by atoms with Crippen molar-refractivity contribution in [3.8, 4) is 0 Å². The maximum Gasteiger partial charge on any atom is 2.00 e. The van der Waals surface area contributed by atoms with E-state index in [2.05, 4.69) is 0 Å². The fourth-order valence-electron chi connectivity index (χ4n) is 0. The molecule has 0 saturated heterocycles. The average Bonchev–Trinajstić information content (AvgIpc) is 1.12. The Morgan fingerprint density at radius 3 is 0.500 bits per heavy atom. The molecule has 0 aliphatic rings. The van der Waals surface area contributed by atoms with Gasteiger partial charge in [-0.25, -0.2) is 0 Å². The predicted molar refractivity (Wildman–Crippen MR) is 15.2 cm³/mol. The summed E-state index contributed by atoms with van der Waals surface area (Å²) in [5, 5.41) is 0. The molecule has 0 N–H and O–H groups in total. The van der Waals surface area contributed by atoms with Gasteiger partial charge < -0.3 is 38.5 Å². The molecule has 0 atom stereocenters. The molecule has 8 nitrogen and oxygen atoms in total. The minimum absolute atomic E-state index is 0. The second kappa shape index (κ2) is 23.6. The molecule has 0 amide bonds. The van der Waals surface area contributed by atoms with E-state index in [1.807, 2.05) is 0 Å². The van der Waals surface area contributed by atoms with Crippen LogP contribution in [0.2, 0.25) is 0 Å². The van der Waals surface area contributed by atoms with Crippen molar-refractivity contribution in [2.24, 2.45) is 0 Å². The van der Waals surface area contributed by atoms with E-state index in [4.69, 9.17) is 38.5 Å². The van der Waals surface area contributed by atoms with Crippen LogP contribution >= 0.6 is 15.6 Å². The summed E-state index contributed by atoms with van der Waals surface area (Å²) < 4.78 is 17.1. The van der Waals surface area contributed by atoms with Crippen molar-refractivity contribution in [2.45, 2.75) is 0 Å². The van der Waals surface area contributed by atoms with Crippen molar-refractivity contribution in [2.75, 3.05) is 0 Å². The first-order valence-electron chi connectivity index (χ1n) is 1.46. The van der Waals surface area contributed by atoms with E-state index in [0.29, 0.717) is 0 Å². The van der Waals surface area contributed by atoms with Gasteiger partial charge in [-0.3, -0.25) is 0 Å². The Kier molecular flexibility index (Phi) is 74.5. The summed E-state index contributed by atoms with van der Waals surface area (Å²) in [6.07, 6.45) is 0. The zero-order valence-corrected chi connectivity index (χ0v) is 20.9. The molecule has 0 fully saturated rings. The molecule has 0 aliphatic heterocycles. The van der Waals surface area contributed by atoms with Crippen molar-refractivity contribution in [3.05, 3.63) is 0 Å². The molecular weight excluding hydrogens is 562 g/mol. The minimum atomic E-state index is -5.39. The van der Waals surface area contributed by atoms with E-state index in [1.54, 1.807) is 0 Å². The molecule has 0 aromatic rings. The summed E-state index contributed by atoms with van der Waals surface area (Å²) in [7, 11) is -10.8. The molecule has 0 aromatic heterocycles. The van der Waals surface area contributed by atoms with E-state index in [1.165, 1.54) is 0 Å². The number of hydrogen-bond donors (Lipinski definition) is 0. The molecule has 0 bridgehead atoms. The van der Waals surface area contributed by atoms with E-state index in [9.17, 15) is 0 Å². The van der Waals surface area contributed by atoms with Gasteiger partial charge in [0.05, 0.1) is 0 Å². The smallest absolute Gasteiger partial charge is 0.822 e. The van der Waals surface area contributed by atoms with Gasteiger partial charge in [-0.15, -0.1) is 0 Å². The topological polar surface area (TPSA) is 172 Å². The predicted octanol–water partition coefficient (Wildman–Crippen LogP) is -5.66. The van der Waals surface area contributed by atoms with Crippen LogP contribution < -0.4 is 29.4 Å². The van der Waals surface area contributed by atoms with Crippen LogP contribution in [0.1, 0.15) is 0 Å². The molecular formula is Ni3O8P2Zn3. The van der Waals surface area contributed by atoms with Crippen molar-refractivity contribution in [3.63, 3.8) is 0 Å². The summed E-state index contributed by atoms with van der Waals surface area (Å²) in [4.78, 5) is 51.3. The number of phosphoric acid groups is 2. The normalized spacial score (nSPS) is 7.38. The van der Waals surface area contributed by atoms with Gasteiger partial charge in [0.25, 0.3) is 0 Å². The summed E-state index contributed by atoms with van der Waals surface area (Å²) in [5.41, 5.74) is 0. The molecule has 94 valence electrons. The van der Waals surface area contributed by atoms with E-state index in [-0.39, 0.29) is 108 Å². The Morgan fingerprint density at radius 2 is 0.500 bits per heavy atom. The van der Waals surface area contributed by atoms with Crippen LogP contribution in [-0.2, 0) is 117 Å². The van der Waals surface area contributed by atoms with Gasteiger partial charge in [0.15, 0.2) is 0 Å². The molecule has 0 radical (unpaired) electrons.